The van der Waals surface area contributed by atoms with E-state index in [-0.39, 0.29) is 12.1 Å². The highest BCUT2D eigenvalue weighted by molar-refractivity contribution is 4.85. The maximum Gasteiger partial charge on any atom is 0.0766 e. The van der Waals surface area contributed by atoms with Gasteiger partial charge in [0.1, 0.15) is 0 Å². The number of hydrogen-bond acceptors (Lipinski definition) is 3. The highest BCUT2D eigenvalue weighted by Gasteiger charge is 2.27. The van der Waals surface area contributed by atoms with E-state index in [0.29, 0.717) is 6.54 Å². The Labute approximate surface area is 92.9 Å². The van der Waals surface area contributed by atoms with Gasteiger partial charge in [-0.2, -0.15) is 0 Å². The van der Waals surface area contributed by atoms with Crippen LogP contribution in [0.3, 0.4) is 0 Å². The molecular formula is C12H25NO2. The third-order valence-corrected chi connectivity index (χ3v) is 3.74. The first-order valence-corrected chi connectivity index (χ1v) is 6.25. The van der Waals surface area contributed by atoms with Crippen molar-refractivity contribution in [3.05, 3.63) is 0 Å². The van der Waals surface area contributed by atoms with E-state index >= 15 is 0 Å². The molecule has 0 amide bonds. The molecule has 0 unspecified atom stereocenters. The molecule has 0 spiro atoms. The first-order valence-electron chi connectivity index (χ1n) is 6.25. The zero-order valence-corrected chi connectivity index (χ0v) is 10.00. The molecule has 1 aliphatic carbocycles. The lowest BCUT2D eigenvalue weighted by molar-refractivity contribution is 0.0170. The van der Waals surface area contributed by atoms with Gasteiger partial charge in [0.25, 0.3) is 0 Å². The number of aliphatic hydroxyl groups is 2. The molecule has 0 bridgehead atoms. The normalized spacial score (nSPS) is 28.0. The summed E-state index contributed by atoms with van der Waals surface area (Å²) in [4.78, 5) is 0. The van der Waals surface area contributed by atoms with E-state index in [4.69, 9.17) is 0 Å². The van der Waals surface area contributed by atoms with Crippen LogP contribution in [-0.2, 0) is 0 Å². The Morgan fingerprint density at radius 2 is 1.80 bits per heavy atom. The average molecular weight is 215 g/mol. The van der Waals surface area contributed by atoms with Crippen LogP contribution in [0.25, 0.3) is 0 Å². The quantitative estimate of drug-likeness (QED) is 0.650. The summed E-state index contributed by atoms with van der Waals surface area (Å²) in [6, 6.07) is 0.184. The molecule has 0 radical (unpaired) electrons. The second kappa shape index (κ2) is 5.83. The fourth-order valence-electron chi connectivity index (χ4n) is 2.17. The molecule has 0 heterocycles. The largest absolute Gasteiger partial charge is 0.392 e. The third-order valence-electron chi connectivity index (χ3n) is 3.74. The lowest BCUT2D eigenvalue weighted by Crippen LogP contribution is -2.49. The van der Waals surface area contributed by atoms with E-state index in [1.54, 1.807) is 0 Å². The number of aliphatic hydroxyl groups excluding tert-OH is 1. The highest BCUT2D eigenvalue weighted by Crippen LogP contribution is 2.20. The minimum absolute atomic E-state index is 0.184. The second-order valence-corrected chi connectivity index (χ2v) is 4.77. The predicted octanol–water partition coefficient (Wildman–Crippen LogP) is 1.43. The van der Waals surface area contributed by atoms with Gasteiger partial charge in [-0.3, -0.25) is 0 Å². The van der Waals surface area contributed by atoms with Gasteiger partial charge < -0.3 is 15.5 Å². The standard InChI is InChI=1S/C12H25NO2/c1-3-12(15,4-2)9-13-10-7-5-6-8-11(10)14/h10-11,13-15H,3-9H2,1-2H3/t10-,11-/m1/s1. The first-order chi connectivity index (χ1) is 7.11. The molecular weight excluding hydrogens is 190 g/mol. The van der Waals surface area contributed by atoms with Gasteiger partial charge in [-0.25, -0.2) is 0 Å². The van der Waals surface area contributed by atoms with Crippen LogP contribution in [0.5, 0.6) is 0 Å². The first kappa shape index (κ1) is 12.9. The Morgan fingerprint density at radius 3 is 2.33 bits per heavy atom. The summed E-state index contributed by atoms with van der Waals surface area (Å²) in [7, 11) is 0. The molecule has 0 saturated heterocycles. The van der Waals surface area contributed by atoms with Gasteiger partial charge in [-0.1, -0.05) is 26.7 Å². The van der Waals surface area contributed by atoms with Crippen molar-refractivity contribution in [3.8, 4) is 0 Å². The summed E-state index contributed by atoms with van der Waals surface area (Å²) in [5, 5.41) is 23.2. The number of hydrogen-bond donors (Lipinski definition) is 3. The smallest absolute Gasteiger partial charge is 0.0766 e. The van der Waals surface area contributed by atoms with E-state index in [0.717, 1.165) is 32.1 Å². The number of rotatable bonds is 5. The van der Waals surface area contributed by atoms with Crippen molar-refractivity contribution < 1.29 is 10.2 Å². The molecule has 1 saturated carbocycles. The molecule has 3 N–H and O–H groups in total. The molecule has 2 atom stereocenters. The highest BCUT2D eigenvalue weighted by atomic mass is 16.3. The maximum atomic E-state index is 10.1. The Kier molecular flexibility index (Phi) is 5.03. The summed E-state index contributed by atoms with van der Waals surface area (Å²) in [5.74, 6) is 0. The summed E-state index contributed by atoms with van der Waals surface area (Å²) in [6.45, 7) is 4.60. The molecule has 0 aromatic heterocycles. The zero-order valence-electron chi connectivity index (χ0n) is 10.00. The molecule has 0 aromatic carbocycles. The van der Waals surface area contributed by atoms with Crippen molar-refractivity contribution in [1.82, 2.24) is 5.32 Å². The van der Waals surface area contributed by atoms with Gasteiger partial charge in [0, 0.05) is 12.6 Å². The molecule has 1 aliphatic rings. The van der Waals surface area contributed by atoms with Crippen LogP contribution in [-0.4, -0.2) is 34.5 Å². The van der Waals surface area contributed by atoms with Crippen molar-refractivity contribution in [2.24, 2.45) is 0 Å². The third kappa shape index (κ3) is 3.74. The van der Waals surface area contributed by atoms with Gasteiger partial charge in [0.15, 0.2) is 0 Å². The van der Waals surface area contributed by atoms with Crippen LogP contribution in [0.2, 0.25) is 0 Å². The Hall–Kier alpha value is -0.120. The summed E-state index contributed by atoms with van der Waals surface area (Å²) >= 11 is 0. The van der Waals surface area contributed by atoms with E-state index in [9.17, 15) is 10.2 Å². The second-order valence-electron chi connectivity index (χ2n) is 4.77. The SMILES string of the molecule is CCC(O)(CC)CN[C@@H]1CCCC[C@H]1O. The van der Waals surface area contributed by atoms with Gasteiger partial charge in [-0.15, -0.1) is 0 Å². The van der Waals surface area contributed by atoms with Crippen LogP contribution >= 0.6 is 0 Å². The van der Waals surface area contributed by atoms with Crippen molar-refractivity contribution >= 4 is 0 Å². The van der Waals surface area contributed by atoms with Crippen LogP contribution < -0.4 is 5.32 Å². The van der Waals surface area contributed by atoms with Gasteiger partial charge >= 0.3 is 0 Å². The zero-order chi connectivity index (χ0) is 11.3. The van der Waals surface area contributed by atoms with Crippen LogP contribution in [0.4, 0.5) is 0 Å². The summed E-state index contributed by atoms with van der Waals surface area (Å²) in [6.07, 6.45) is 5.55. The van der Waals surface area contributed by atoms with Gasteiger partial charge in [0.05, 0.1) is 11.7 Å². The van der Waals surface area contributed by atoms with Crippen molar-refractivity contribution in [2.75, 3.05) is 6.54 Å². The fraction of sp³-hybridized carbons (Fsp3) is 1.00. The topological polar surface area (TPSA) is 52.5 Å². The van der Waals surface area contributed by atoms with Crippen LogP contribution in [0.1, 0.15) is 52.4 Å². The molecule has 1 rings (SSSR count). The summed E-state index contributed by atoms with van der Waals surface area (Å²) in [5.41, 5.74) is -0.600. The van der Waals surface area contributed by atoms with E-state index in [2.05, 4.69) is 5.32 Å². The summed E-state index contributed by atoms with van der Waals surface area (Å²) < 4.78 is 0. The monoisotopic (exact) mass is 215 g/mol. The molecule has 90 valence electrons. The molecule has 3 heteroatoms. The molecule has 3 nitrogen and oxygen atoms in total. The van der Waals surface area contributed by atoms with Crippen LogP contribution in [0, 0.1) is 0 Å². The van der Waals surface area contributed by atoms with Crippen molar-refractivity contribution in [3.63, 3.8) is 0 Å². The Bertz CT molecular complexity index is 180. The van der Waals surface area contributed by atoms with E-state index in [1.165, 1.54) is 6.42 Å². The lowest BCUT2D eigenvalue weighted by atomic mass is 9.91. The van der Waals surface area contributed by atoms with Gasteiger partial charge in [0.2, 0.25) is 0 Å². The average Bonchev–Trinajstić information content (AvgIpc) is 2.28. The minimum Gasteiger partial charge on any atom is -0.392 e. The van der Waals surface area contributed by atoms with Crippen LogP contribution in [0.15, 0.2) is 0 Å². The van der Waals surface area contributed by atoms with Crippen molar-refractivity contribution in [2.45, 2.75) is 70.1 Å². The lowest BCUT2D eigenvalue weighted by Gasteiger charge is -2.33. The number of nitrogens with one attached hydrogen (secondary N) is 1. The molecule has 1 fully saturated rings. The maximum absolute atomic E-state index is 10.1. The van der Waals surface area contributed by atoms with Gasteiger partial charge in [-0.05, 0) is 25.7 Å². The van der Waals surface area contributed by atoms with Crippen molar-refractivity contribution in [1.29, 1.82) is 0 Å². The minimum atomic E-state index is -0.600. The molecule has 0 aromatic rings. The molecule has 15 heavy (non-hydrogen) atoms. The predicted molar refractivity (Wildman–Crippen MR) is 61.8 cm³/mol. The van der Waals surface area contributed by atoms with E-state index in [1.807, 2.05) is 13.8 Å². The van der Waals surface area contributed by atoms with E-state index < -0.39 is 5.60 Å². The fourth-order valence-corrected chi connectivity index (χ4v) is 2.17. The Morgan fingerprint density at radius 1 is 1.20 bits per heavy atom. The molecule has 0 aliphatic heterocycles. The Balaban J connectivity index is 2.34.